The molecule has 10 heavy (non-hydrogen) atoms. The predicted octanol–water partition coefficient (Wildman–Crippen LogP) is 2.30. The van der Waals surface area contributed by atoms with Crippen molar-refractivity contribution >= 4 is 22.6 Å². The van der Waals surface area contributed by atoms with Gasteiger partial charge in [0.1, 0.15) is 0 Å². The molecule has 0 aliphatic heterocycles. The minimum absolute atomic E-state index is 1.24. The molecule has 0 aromatic heterocycles. The average Bonchev–Trinajstić information content (AvgIpc) is 2.00. The summed E-state index contributed by atoms with van der Waals surface area (Å²) in [4.78, 5) is 0. The molecule has 0 aromatic rings. The topological polar surface area (TPSA) is 0 Å². The molecule has 0 rings (SSSR count). The zero-order chi connectivity index (χ0) is 8.04. The molecular weight excluding hydrogens is 237 g/mol. The highest BCUT2D eigenvalue weighted by Crippen LogP contribution is 2.03. The van der Waals surface area contributed by atoms with Gasteiger partial charge in [-0.2, -0.15) is 0 Å². The van der Waals surface area contributed by atoms with Gasteiger partial charge in [0.05, 0.1) is 26.7 Å². The Balaban J connectivity index is 3.58. The van der Waals surface area contributed by atoms with E-state index >= 15 is 0 Å². The van der Waals surface area contributed by atoms with Crippen molar-refractivity contribution in [3.05, 3.63) is 0 Å². The molecule has 0 saturated carbocycles. The van der Waals surface area contributed by atoms with Crippen molar-refractivity contribution in [3.63, 3.8) is 0 Å². The van der Waals surface area contributed by atoms with Crippen LogP contribution in [0.2, 0.25) is 0 Å². The number of hydrogen-bond acceptors (Lipinski definition) is 0. The molecule has 0 radical (unpaired) electrons. The van der Waals surface area contributed by atoms with Crippen molar-refractivity contribution in [3.8, 4) is 0 Å². The maximum Gasteiger partial charge on any atom is 0.0791 e. The number of hydrogen-bond donors (Lipinski definition) is 0. The highest BCUT2D eigenvalue weighted by atomic mass is 127. The molecule has 62 valence electrons. The Morgan fingerprint density at radius 1 is 1.20 bits per heavy atom. The Bertz CT molecular complexity index is 79.3. The molecule has 1 nitrogen and oxygen atoms in total. The van der Waals surface area contributed by atoms with Crippen molar-refractivity contribution < 1.29 is 4.48 Å². The third-order valence-corrected chi connectivity index (χ3v) is 3.12. The normalized spacial score (nSPS) is 12.0. The first kappa shape index (κ1) is 10.7. The van der Waals surface area contributed by atoms with Gasteiger partial charge in [-0.25, -0.2) is 0 Å². The van der Waals surface area contributed by atoms with Crippen molar-refractivity contribution in [2.75, 3.05) is 31.1 Å². The molecule has 0 aliphatic rings. The first-order valence-electron chi connectivity index (χ1n) is 4.08. The summed E-state index contributed by atoms with van der Waals surface area (Å²) in [6.45, 7) is 8.43. The van der Waals surface area contributed by atoms with E-state index in [1.807, 2.05) is 0 Å². The molecule has 0 aromatic carbocycles. The van der Waals surface area contributed by atoms with Crippen LogP contribution in [0.15, 0.2) is 0 Å². The van der Waals surface area contributed by atoms with Gasteiger partial charge < -0.3 is 4.48 Å². The van der Waals surface area contributed by atoms with E-state index in [9.17, 15) is 0 Å². The standard InChI is InChI=1S/C8H19IN/c1-4-10(3,5-2)8-6-7-9/h4-8H2,1-3H3/q+1. The van der Waals surface area contributed by atoms with Crippen LogP contribution in [-0.2, 0) is 0 Å². The predicted molar refractivity (Wildman–Crippen MR) is 55.6 cm³/mol. The Labute approximate surface area is 78.5 Å². The molecule has 2 heteroatoms. The second-order valence-corrected chi connectivity index (χ2v) is 4.10. The average molecular weight is 256 g/mol. The number of quaternary nitrogens is 1. The summed E-state index contributed by atoms with van der Waals surface area (Å²) in [5.41, 5.74) is 0. The van der Waals surface area contributed by atoms with Gasteiger partial charge >= 0.3 is 0 Å². The van der Waals surface area contributed by atoms with E-state index in [2.05, 4.69) is 43.5 Å². The van der Waals surface area contributed by atoms with E-state index < -0.39 is 0 Å². The van der Waals surface area contributed by atoms with Gasteiger partial charge in [-0.05, 0) is 13.8 Å². The highest BCUT2D eigenvalue weighted by Gasteiger charge is 2.14. The van der Waals surface area contributed by atoms with Gasteiger partial charge in [0.2, 0.25) is 0 Å². The molecule has 0 spiro atoms. The Morgan fingerprint density at radius 2 is 1.70 bits per heavy atom. The van der Waals surface area contributed by atoms with Crippen LogP contribution in [0.5, 0.6) is 0 Å². The molecule has 0 atom stereocenters. The van der Waals surface area contributed by atoms with Crippen LogP contribution in [0.25, 0.3) is 0 Å². The van der Waals surface area contributed by atoms with E-state index in [0.717, 1.165) is 0 Å². The molecule has 0 bridgehead atoms. The Morgan fingerprint density at radius 3 is 2.00 bits per heavy atom. The lowest BCUT2D eigenvalue weighted by molar-refractivity contribution is -0.906. The highest BCUT2D eigenvalue weighted by molar-refractivity contribution is 14.1. The first-order valence-corrected chi connectivity index (χ1v) is 5.60. The molecule has 0 amide bonds. The fourth-order valence-electron chi connectivity index (χ4n) is 0.981. The monoisotopic (exact) mass is 256 g/mol. The summed E-state index contributed by atoms with van der Waals surface area (Å²) in [5.74, 6) is 0. The van der Waals surface area contributed by atoms with Crippen molar-refractivity contribution in [1.29, 1.82) is 0 Å². The fraction of sp³-hybridized carbons (Fsp3) is 1.00. The summed E-state index contributed by atoms with van der Waals surface area (Å²) in [7, 11) is 2.34. The zero-order valence-electron chi connectivity index (χ0n) is 7.36. The quantitative estimate of drug-likeness (QED) is 0.402. The zero-order valence-corrected chi connectivity index (χ0v) is 9.52. The molecule has 0 heterocycles. The fourth-order valence-corrected chi connectivity index (χ4v) is 1.32. The van der Waals surface area contributed by atoms with E-state index in [1.165, 1.54) is 35.0 Å². The van der Waals surface area contributed by atoms with Gasteiger partial charge in [-0.1, -0.05) is 22.6 Å². The maximum absolute atomic E-state index is 2.45. The summed E-state index contributed by atoms with van der Waals surface area (Å²) in [5, 5.41) is 0. The SMILES string of the molecule is CC[N+](C)(CC)CCCI. The summed E-state index contributed by atoms with van der Waals surface area (Å²) in [6, 6.07) is 0. The van der Waals surface area contributed by atoms with E-state index in [0.29, 0.717) is 0 Å². The number of rotatable bonds is 5. The van der Waals surface area contributed by atoms with Crippen LogP contribution >= 0.6 is 22.6 Å². The van der Waals surface area contributed by atoms with Gasteiger partial charge in [0, 0.05) is 10.8 Å². The number of alkyl halides is 1. The first-order chi connectivity index (χ1) is 4.68. The van der Waals surface area contributed by atoms with Crippen molar-refractivity contribution in [2.45, 2.75) is 20.3 Å². The minimum atomic E-state index is 1.24. The number of nitrogens with zero attached hydrogens (tertiary/aromatic N) is 1. The second kappa shape index (κ2) is 5.35. The minimum Gasteiger partial charge on any atom is -0.326 e. The van der Waals surface area contributed by atoms with Crippen LogP contribution < -0.4 is 0 Å². The third-order valence-electron chi connectivity index (χ3n) is 2.36. The van der Waals surface area contributed by atoms with Gasteiger partial charge in [0.15, 0.2) is 0 Å². The Kier molecular flexibility index (Phi) is 5.72. The van der Waals surface area contributed by atoms with Gasteiger partial charge in [0.25, 0.3) is 0 Å². The van der Waals surface area contributed by atoms with Crippen LogP contribution in [0.3, 0.4) is 0 Å². The van der Waals surface area contributed by atoms with Crippen LogP contribution in [0.4, 0.5) is 0 Å². The summed E-state index contributed by atoms with van der Waals surface area (Å²) >= 11 is 2.45. The molecule has 0 N–H and O–H groups in total. The smallest absolute Gasteiger partial charge is 0.0791 e. The third kappa shape index (κ3) is 3.76. The second-order valence-electron chi connectivity index (χ2n) is 3.02. The van der Waals surface area contributed by atoms with E-state index in [4.69, 9.17) is 0 Å². The van der Waals surface area contributed by atoms with E-state index in [-0.39, 0.29) is 0 Å². The van der Waals surface area contributed by atoms with Crippen LogP contribution in [0.1, 0.15) is 20.3 Å². The lowest BCUT2D eigenvalue weighted by Crippen LogP contribution is -2.44. The number of halogens is 1. The molecular formula is C8H19IN+. The largest absolute Gasteiger partial charge is 0.326 e. The lowest BCUT2D eigenvalue weighted by atomic mass is 10.3. The van der Waals surface area contributed by atoms with Gasteiger partial charge in [-0.3, -0.25) is 0 Å². The van der Waals surface area contributed by atoms with Crippen LogP contribution in [0, 0.1) is 0 Å². The summed E-state index contributed by atoms with van der Waals surface area (Å²) in [6.07, 6.45) is 1.36. The van der Waals surface area contributed by atoms with Crippen molar-refractivity contribution in [1.82, 2.24) is 0 Å². The molecule has 0 fully saturated rings. The maximum atomic E-state index is 2.45. The van der Waals surface area contributed by atoms with Gasteiger partial charge in [-0.15, -0.1) is 0 Å². The van der Waals surface area contributed by atoms with Crippen molar-refractivity contribution in [2.24, 2.45) is 0 Å². The molecule has 0 saturated heterocycles. The molecule has 0 aliphatic carbocycles. The van der Waals surface area contributed by atoms with E-state index in [1.54, 1.807) is 0 Å². The summed E-state index contributed by atoms with van der Waals surface area (Å²) < 4.78 is 2.54. The lowest BCUT2D eigenvalue weighted by Gasteiger charge is -2.31. The molecule has 0 unspecified atom stereocenters. The Hall–Kier alpha value is 0.690. The van der Waals surface area contributed by atoms with Crippen LogP contribution in [-0.4, -0.2) is 35.6 Å².